The molecule has 0 fully saturated rings. The van der Waals surface area contributed by atoms with Gasteiger partial charge in [0.2, 0.25) is 0 Å². The number of hydrogen-bond donors (Lipinski definition) is 1. The number of carbonyl (C=O) groups excluding carboxylic acids is 2. The summed E-state index contributed by atoms with van der Waals surface area (Å²) >= 11 is 5.90. The summed E-state index contributed by atoms with van der Waals surface area (Å²) in [6, 6.07) is 14.4. The monoisotopic (exact) mass is 361 g/mol. The summed E-state index contributed by atoms with van der Waals surface area (Å²) in [5.41, 5.74) is 1.30. The maximum atomic E-state index is 12.2. The van der Waals surface area contributed by atoms with Gasteiger partial charge in [-0.15, -0.1) is 0 Å². The van der Waals surface area contributed by atoms with Crippen LogP contribution < -0.4 is 10.1 Å². The van der Waals surface area contributed by atoms with Gasteiger partial charge in [0.15, 0.2) is 6.10 Å². The van der Waals surface area contributed by atoms with Crippen LogP contribution in [0.2, 0.25) is 5.02 Å². The van der Waals surface area contributed by atoms with E-state index in [-0.39, 0.29) is 11.5 Å². The van der Waals surface area contributed by atoms with E-state index < -0.39 is 12.1 Å². The molecule has 0 aliphatic heterocycles. The Morgan fingerprint density at radius 1 is 1.16 bits per heavy atom. The van der Waals surface area contributed by atoms with Crippen LogP contribution in [0.3, 0.4) is 0 Å². The Hall–Kier alpha value is -2.53. The maximum Gasteiger partial charge on any atom is 0.342 e. The van der Waals surface area contributed by atoms with Gasteiger partial charge in [-0.1, -0.05) is 41.9 Å². The summed E-state index contributed by atoms with van der Waals surface area (Å²) < 4.78 is 10.3. The van der Waals surface area contributed by atoms with Crippen LogP contribution in [0, 0.1) is 0 Å². The third kappa shape index (κ3) is 5.50. The molecule has 2 rings (SSSR count). The highest BCUT2D eigenvalue weighted by molar-refractivity contribution is 6.31. The number of rotatable bonds is 7. The first-order valence-electron chi connectivity index (χ1n) is 7.87. The number of halogens is 1. The molecule has 1 N–H and O–H groups in total. The molecule has 0 saturated heterocycles. The number of hydrogen-bond acceptors (Lipinski definition) is 4. The Labute approximate surface area is 151 Å². The van der Waals surface area contributed by atoms with E-state index in [1.807, 2.05) is 30.3 Å². The van der Waals surface area contributed by atoms with Crippen molar-refractivity contribution < 1.29 is 19.1 Å². The quantitative estimate of drug-likeness (QED) is 0.769. The highest BCUT2D eigenvalue weighted by atomic mass is 35.5. The van der Waals surface area contributed by atoms with Crippen molar-refractivity contribution in [3.05, 3.63) is 64.7 Å². The molecule has 0 aliphatic rings. The minimum absolute atomic E-state index is 0.180. The Morgan fingerprint density at radius 2 is 1.88 bits per heavy atom. The van der Waals surface area contributed by atoms with Crippen molar-refractivity contribution in [2.24, 2.45) is 0 Å². The number of amides is 1. The Kier molecular flexibility index (Phi) is 6.83. The molecule has 1 amide bonds. The number of ether oxygens (including phenoxy) is 2. The van der Waals surface area contributed by atoms with E-state index in [0.29, 0.717) is 23.7 Å². The van der Waals surface area contributed by atoms with Gasteiger partial charge >= 0.3 is 5.97 Å². The summed E-state index contributed by atoms with van der Waals surface area (Å²) in [4.78, 5) is 24.3. The molecule has 0 radical (unpaired) electrons. The fourth-order valence-electron chi connectivity index (χ4n) is 2.24. The van der Waals surface area contributed by atoms with Gasteiger partial charge in [0.25, 0.3) is 5.91 Å². The molecule has 0 heterocycles. The first kappa shape index (κ1) is 18.8. The second-order valence-electron chi connectivity index (χ2n) is 5.42. The van der Waals surface area contributed by atoms with Crippen LogP contribution in [-0.4, -0.2) is 31.6 Å². The number of esters is 1. The van der Waals surface area contributed by atoms with Gasteiger partial charge < -0.3 is 14.8 Å². The van der Waals surface area contributed by atoms with E-state index >= 15 is 0 Å². The van der Waals surface area contributed by atoms with Gasteiger partial charge in [0.05, 0.1) is 7.11 Å². The van der Waals surface area contributed by atoms with Crippen molar-refractivity contribution in [3.8, 4) is 5.75 Å². The van der Waals surface area contributed by atoms with Crippen LogP contribution in [0.15, 0.2) is 48.5 Å². The number of nitrogens with one attached hydrogen (secondary N) is 1. The number of benzene rings is 2. The van der Waals surface area contributed by atoms with Gasteiger partial charge in [0, 0.05) is 11.6 Å². The lowest BCUT2D eigenvalue weighted by Crippen LogP contribution is -2.37. The van der Waals surface area contributed by atoms with E-state index in [2.05, 4.69) is 5.32 Å². The fourth-order valence-corrected chi connectivity index (χ4v) is 2.41. The van der Waals surface area contributed by atoms with E-state index in [0.717, 1.165) is 5.56 Å². The molecule has 0 saturated carbocycles. The molecule has 0 aliphatic carbocycles. The SMILES string of the molecule is COc1ccc(Cl)cc1C(=O)OC(C)C(=O)NCCc1ccccc1. The van der Waals surface area contributed by atoms with Crippen molar-refractivity contribution in [2.45, 2.75) is 19.4 Å². The summed E-state index contributed by atoms with van der Waals surface area (Å²) in [5, 5.41) is 3.14. The average molecular weight is 362 g/mol. The number of carbonyl (C=O) groups is 2. The first-order chi connectivity index (χ1) is 12.0. The summed E-state index contributed by atoms with van der Waals surface area (Å²) in [7, 11) is 1.44. The minimum atomic E-state index is -0.924. The molecule has 2 aromatic rings. The van der Waals surface area contributed by atoms with Crippen LogP contribution in [0.4, 0.5) is 0 Å². The van der Waals surface area contributed by atoms with Crippen LogP contribution in [0.1, 0.15) is 22.8 Å². The van der Waals surface area contributed by atoms with E-state index in [4.69, 9.17) is 21.1 Å². The third-order valence-corrected chi connectivity index (χ3v) is 3.83. The van der Waals surface area contributed by atoms with Gasteiger partial charge in [-0.3, -0.25) is 4.79 Å². The predicted molar refractivity (Wildman–Crippen MR) is 96.0 cm³/mol. The molecule has 25 heavy (non-hydrogen) atoms. The first-order valence-corrected chi connectivity index (χ1v) is 8.25. The fraction of sp³-hybridized carbons (Fsp3) is 0.263. The van der Waals surface area contributed by atoms with Crippen molar-refractivity contribution in [1.82, 2.24) is 5.32 Å². The Morgan fingerprint density at radius 3 is 2.56 bits per heavy atom. The lowest BCUT2D eigenvalue weighted by molar-refractivity contribution is -0.129. The molecule has 132 valence electrons. The van der Waals surface area contributed by atoms with Gasteiger partial charge in [-0.2, -0.15) is 0 Å². The van der Waals surface area contributed by atoms with E-state index in [9.17, 15) is 9.59 Å². The average Bonchev–Trinajstić information content (AvgIpc) is 2.62. The molecule has 0 spiro atoms. The van der Waals surface area contributed by atoms with Crippen molar-refractivity contribution in [2.75, 3.05) is 13.7 Å². The molecule has 0 bridgehead atoms. The molecular formula is C19H20ClNO4. The van der Waals surface area contributed by atoms with Gasteiger partial charge in [0.1, 0.15) is 11.3 Å². The maximum absolute atomic E-state index is 12.2. The second kappa shape index (κ2) is 9.08. The zero-order chi connectivity index (χ0) is 18.2. The van der Waals surface area contributed by atoms with Crippen LogP contribution in [0.5, 0.6) is 5.75 Å². The molecule has 1 atom stereocenters. The highest BCUT2D eigenvalue weighted by Crippen LogP contribution is 2.23. The predicted octanol–water partition coefficient (Wildman–Crippen LogP) is 3.25. The van der Waals surface area contributed by atoms with Crippen LogP contribution in [0.25, 0.3) is 0 Å². The minimum Gasteiger partial charge on any atom is -0.496 e. The molecule has 5 nitrogen and oxygen atoms in total. The molecule has 2 aromatic carbocycles. The normalized spacial score (nSPS) is 11.5. The lowest BCUT2D eigenvalue weighted by Gasteiger charge is -2.15. The smallest absolute Gasteiger partial charge is 0.342 e. The molecule has 0 aromatic heterocycles. The Bertz CT molecular complexity index is 733. The van der Waals surface area contributed by atoms with Crippen molar-refractivity contribution in [3.63, 3.8) is 0 Å². The van der Waals surface area contributed by atoms with Crippen molar-refractivity contribution in [1.29, 1.82) is 0 Å². The summed E-state index contributed by atoms with van der Waals surface area (Å²) in [6.45, 7) is 1.98. The van der Waals surface area contributed by atoms with Crippen molar-refractivity contribution >= 4 is 23.5 Å². The zero-order valence-corrected chi connectivity index (χ0v) is 14.9. The number of methoxy groups -OCH3 is 1. The largest absolute Gasteiger partial charge is 0.496 e. The van der Waals surface area contributed by atoms with Crippen LogP contribution in [-0.2, 0) is 16.0 Å². The lowest BCUT2D eigenvalue weighted by atomic mass is 10.1. The molecule has 6 heteroatoms. The Balaban J connectivity index is 1.88. The van der Waals surface area contributed by atoms with Gasteiger partial charge in [-0.05, 0) is 37.1 Å². The van der Waals surface area contributed by atoms with E-state index in [1.165, 1.54) is 20.1 Å². The molecular weight excluding hydrogens is 342 g/mol. The molecule has 1 unspecified atom stereocenters. The summed E-state index contributed by atoms with van der Waals surface area (Å²) in [5.74, 6) is -0.679. The second-order valence-corrected chi connectivity index (χ2v) is 5.86. The third-order valence-electron chi connectivity index (χ3n) is 3.59. The zero-order valence-electron chi connectivity index (χ0n) is 14.1. The summed E-state index contributed by atoms with van der Waals surface area (Å²) in [6.07, 6.45) is -0.220. The highest BCUT2D eigenvalue weighted by Gasteiger charge is 2.21. The van der Waals surface area contributed by atoms with Gasteiger partial charge in [-0.25, -0.2) is 4.79 Å². The standard InChI is InChI=1S/C19H20ClNO4/c1-13(18(22)21-11-10-14-6-4-3-5-7-14)25-19(23)16-12-15(20)8-9-17(16)24-2/h3-9,12-13H,10-11H2,1-2H3,(H,21,22). The van der Waals surface area contributed by atoms with E-state index in [1.54, 1.807) is 12.1 Å². The topological polar surface area (TPSA) is 64.6 Å². The van der Waals surface area contributed by atoms with Crippen LogP contribution >= 0.6 is 11.6 Å².